The minimum absolute atomic E-state index is 0.311. The van der Waals surface area contributed by atoms with Crippen molar-refractivity contribution in [1.82, 2.24) is 5.32 Å². The fourth-order valence-corrected chi connectivity index (χ4v) is 2.99. The predicted molar refractivity (Wildman–Crippen MR) is 79.5 cm³/mol. The summed E-state index contributed by atoms with van der Waals surface area (Å²) in [5.41, 5.74) is -0.219. The van der Waals surface area contributed by atoms with Gasteiger partial charge in [-0.3, -0.25) is 0 Å². The molecule has 0 saturated carbocycles. The van der Waals surface area contributed by atoms with E-state index in [1.165, 1.54) is 12.1 Å². The van der Waals surface area contributed by atoms with E-state index >= 15 is 0 Å². The number of halogens is 3. The zero-order valence-electron chi connectivity index (χ0n) is 12.6. The Balaban J connectivity index is 2.11. The zero-order chi connectivity index (χ0) is 15.5. The molecule has 2 unspecified atom stereocenters. The van der Waals surface area contributed by atoms with E-state index in [9.17, 15) is 13.2 Å². The van der Waals surface area contributed by atoms with Crippen LogP contribution in [0, 0.1) is 5.92 Å². The molecule has 1 fully saturated rings. The zero-order valence-corrected chi connectivity index (χ0v) is 12.6. The lowest BCUT2D eigenvalue weighted by molar-refractivity contribution is -0.137. The molecule has 5 heteroatoms. The molecule has 1 heterocycles. The number of rotatable bonds is 4. The van der Waals surface area contributed by atoms with E-state index in [-0.39, 0.29) is 0 Å². The molecule has 1 aliphatic rings. The molecular weight excluding hydrogens is 277 g/mol. The third-order valence-electron chi connectivity index (χ3n) is 4.11. The van der Waals surface area contributed by atoms with Gasteiger partial charge < -0.3 is 10.2 Å². The van der Waals surface area contributed by atoms with Gasteiger partial charge in [0.25, 0.3) is 0 Å². The van der Waals surface area contributed by atoms with Crippen LogP contribution >= 0.6 is 0 Å². The molecule has 0 amide bonds. The SMILES string of the molecule is CCCNC1CCN(c2ccccc2C(F)(F)F)CC1C. The fraction of sp³-hybridized carbons (Fsp3) is 0.625. The molecular formula is C16H23F3N2. The molecule has 0 aliphatic carbocycles. The summed E-state index contributed by atoms with van der Waals surface area (Å²) in [4.78, 5) is 1.87. The van der Waals surface area contributed by atoms with Gasteiger partial charge in [-0.1, -0.05) is 26.0 Å². The van der Waals surface area contributed by atoms with E-state index in [0.717, 1.165) is 19.4 Å². The first-order valence-electron chi connectivity index (χ1n) is 7.58. The highest BCUT2D eigenvalue weighted by Gasteiger charge is 2.36. The van der Waals surface area contributed by atoms with Crippen molar-refractivity contribution in [2.75, 3.05) is 24.5 Å². The van der Waals surface area contributed by atoms with Gasteiger partial charge in [0.2, 0.25) is 0 Å². The lowest BCUT2D eigenvalue weighted by atomic mass is 9.93. The highest BCUT2D eigenvalue weighted by atomic mass is 19.4. The van der Waals surface area contributed by atoms with Crippen LogP contribution < -0.4 is 10.2 Å². The maximum absolute atomic E-state index is 13.1. The summed E-state index contributed by atoms with van der Waals surface area (Å²) in [5, 5.41) is 3.49. The largest absolute Gasteiger partial charge is 0.418 e. The topological polar surface area (TPSA) is 15.3 Å². The average molecular weight is 300 g/mol. The van der Waals surface area contributed by atoms with E-state index in [2.05, 4.69) is 19.2 Å². The van der Waals surface area contributed by atoms with Gasteiger partial charge >= 0.3 is 6.18 Å². The van der Waals surface area contributed by atoms with E-state index < -0.39 is 11.7 Å². The van der Waals surface area contributed by atoms with Crippen LogP contribution in [0.2, 0.25) is 0 Å². The molecule has 1 N–H and O–H groups in total. The molecule has 1 aliphatic heterocycles. The van der Waals surface area contributed by atoms with Gasteiger partial charge in [0, 0.05) is 24.8 Å². The van der Waals surface area contributed by atoms with Crippen LogP contribution in [0.25, 0.3) is 0 Å². The number of anilines is 1. The van der Waals surface area contributed by atoms with Crippen molar-refractivity contribution in [3.05, 3.63) is 29.8 Å². The molecule has 1 aromatic rings. The number of alkyl halides is 3. The second kappa shape index (κ2) is 6.69. The number of piperidine rings is 1. The van der Waals surface area contributed by atoms with Gasteiger partial charge in [-0.25, -0.2) is 0 Å². The summed E-state index contributed by atoms with van der Waals surface area (Å²) in [5.74, 6) is 0.339. The third-order valence-corrected chi connectivity index (χ3v) is 4.11. The highest BCUT2D eigenvalue weighted by molar-refractivity contribution is 5.55. The van der Waals surface area contributed by atoms with E-state index in [0.29, 0.717) is 30.7 Å². The summed E-state index contributed by atoms with van der Waals surface area (Å²) >= 11 is 0. The van der Waals surface area contributed by atoms with Gasteiger partial charge in [-0.15, -0.1) is 0 Å². The molecule has 0 bridgehead atoms. The standard InChI is InChI=1S/C16H23F3N2/c1-3-9-20-14-8-10-21(11-12(14)2)15-7-5-4-6-13(15)16(17,18)19/h4-7,12,14,20H,3,8-11H2,1-2H3. The Morgan fingerprint density at radius 2 is 2.00 bits per heavy atom. The first-order valence-corrected chi connectivity index (χ1v) is 7.58. The van der Waals surface area contributed by atoms with Gasteiger partial charge in [-0.2, -0.15) is 13.2 Å². The van der Waals surface area contributed by atoms with E-state index in [4.69, 9.17) is 0 Å². The van der Waals surface area contributed by atoms with E-state index in [1.54, 1.807) is 12.1 Å². The molecule has 0 spiro atoms. The lowest BCUT2D eigenvalue weighted by Gasteiger charge is -2.39. The Morgan fingerprint density at radius 1 is 1.29 bits per heavy atom. The van der Waals surface area contributed by atoms with Gasteiger partial charge in [-0.05, 0) is 37.4 Å². The van der Waals surface area contributed by atoms with Crippen molar-refractivity contribution in [3.63, 3.8) is 0 Å². The van der Waals surface area contributed by atoms with E-state index in [1.807, 2.05) is 4.90 Å². The number of hydrogen-bond acceptors (Lipinski definition) is 2. The normalized spacial score (nSPS) is 23.4. The molecule has 1 aromatic carbocycles. The summed E-state index contributed by atoms with van der Waals surface area (Å²) in [6, 6.07) is 6.28. The van der Waals surface area contributed by atoms with Crippen LogP contribution in [0.1, 0.15) is 32.3 Å². The van der Waals surface area contributed by atoms with Gasteiger partial charge in [0.1, 0.15) is 0 Å². The van der Waals surface area contributed by atoms with Gasteiger partial charge in [0.15, 0.2) is 0 Å². The third kappa shape index (κ3) is 3.90. The summed E-state index contributed by atoms with van der Waals surface area (Å²) in [6.07, 6.45) is -2.34. The minimum atomic E-state index is -4.29. The Kier molecular flexibility index (Phi) is 5.14. The summed E-state index contributed by atoms with van der Waals surface area (Å²) in [6.45, 7) is 6.52. The molecule has 1 saturated heterocycles. The second-order valence-electron chi connectivity index (χ2n) is 5.79. The minimum Gasteiger partial charge on any atom is -0.371 e. The Morgan fingerprint density at radius 3 is 2.62 bits per heavy atom. The van der Waals surface area contributed by atoms with Crippen LogP contribution in [0.5, 0.6) is 0 Å². The maximum atomic E-state index is 13.1. The summed E-state index contributed by atoms with van der Waals surface area (Å²) < 4.78 is 39.3. The predicted octanol–water partition coefficient (Wildman–Crippen LogP) is 3.92. The van der Waals surface area contributed by atoms with Crippen molar-refractivity contribution in [1.29, 1.82) is 0 Å². The van der Waals surface area contributed by atoms with Gasteiger partial charge in [0.05, 0.1) is 5.56 Å². The number of benzene rings is 1. The number of nitrogens with zero attached hydrogens (tertiary/aromatic N) is 1. The van der Waals surface area contributed by atoms with Crippen LogP contribution in [0.3, 0.4) is 0 Å². The number of hydrogen-bond donors (Lipinski definition) is 1. The quantitative estimate of drug-likeness (QED) is 0.906. The van der Waals surface area contributed by atoms with Crippen molar-refractivity contribution < 1.29 is 13.2 Å². The first-order chi connectivity index (χ1) is 9.93. The molecule has 0 radical (unpaired) electrons. The van der Waals surface area contributed by atoms with Crippen molar-refractivity contribution in [2.24, 2.45) is 5.92 Å². The molecule has 2 atom stereocenters. The van der Waals surface area contributed by atoms with Crippen LogP contribution in [0.4, 0.5) is 18.9 Å². The number of nitrogens with one attached hydrogen (secondary N) is 1. The average Bonchev–Trinajstić information content (AvgIpc) is 2.45. The Labute approximate surface area is 124 Å². The Hall–Kier alpha value is -1.23. The Bertz CT molecular complexity index is 459. The smallest absolute Gasteiger partial charge is 0.371 e. The van der Waals surface area contributed by atoms with Crippen molar-refractivity contribution in [2.45, 2.75) is 38.9 Å². The lowest BCUT2D eigenvalue weighted by Crippen LogP contribution is -2.49. The van der Waals surface area contributed by atoms with Crippen LogP contribution in [-0.2, 0) is 6.18 Å². The van der Waals surface area contributed by atoms with Crippen molar-refractivity contribution >= 4 is 5.69 Å². The molecule has 2 rings (SSSR count). The molecule has 2 nitrogen and oxygen atoms in total. The fourth-order valence-electron chi connectivity index (χ4n) is 2.99. The maximum Gasteiger partial charge on any atom is 0.418 e. The molecule has 0 aromatic heterocycles. The second-order valence-corrected chi connectivity index (χ2v) is 5.79. The van der Waals surface area contributed by atoms with Crippen LogP contribution in [0.15, 0.2) is 24.3 Å². The molecule has 118 valence electrons. The summed E-state index contributed by atoms with van der Waals surface area (Å²) in [7, 11) is 0. The molecule has 21 heavy (non-hydrogen) atoms. The first kappa shape index (κ1) is 16.1. The van der Waals surface area contributed by atoms with Crippen molar-refractivity contribution in [3.8, 4) is 0 Å². The van der Waals surface area contributed by atoms with Crippen LogP contribution in [-0.4, -0.2) is 25.7 Å². The highest BCUT2D eigenvalue weighted by Crippen LogP contribution is 2.37. The monoisotopic (exact) mass is 300 g/mol. The number of para-hydroxylation sites is 1.